The number of aromatic nitrogens is 5. The fraction of sp³-hybridized carbons (Fsp3) is 0.625. The number of hydrogen-bond acceptors (Lipinski definition) is 5. The molecule has 3 rings (SSSR count). The van der Waals surface area contributed by atoms with Crippen molar-refractivity contribution in [2.75, 3.05) is 0 Å². The van der Waals surface area contributed by atoms with E-state index in [1.807, 2.05) is 34.7 Å². The second-order valence-electron chi connectivity index (χ2n) is 6.23. The second-order valence-corrected chi connectivity index (χ2v) is 6.23. The molecular formula is C16H24N6O2. The van der Waals surface area contributed by atoms with Crippen molar-refractivity contribution in [3.8, 4) is 0 Å². The number of aryl methyl sites for hydroxylation is 3. The van der Waals surface area contributed by atoms with E-state index in [4.69, 9.17) is 4.74 Å². The zero-order valence-corrected chi connectivity index (χ0v) is 14.8. The Morgan fingerprint density at radius 2 is 2.08 bits per heavy atom. The van der Waals surface area contributed by atoms with Crippen LogP contribution in [0.2, 0.25) is 0 Å². The summed E-state index contributed by atoms with van der Waals surface area (Å²) >= 11 is 0. The molecule has 0 unspecified atom stereocenters. The first-order valence-electron chi connectivity index (χ1n) is 8.30. The van der Waals surface area contributed by atoms with Gasteiger partial charge in [-0.3, -0.25) is 9.48 Å². The smallest absolute Gasteiger partial charge is 0.272 e. The molecule has 0 fully saturated rings. The topological polar surface area (TPSA) is 86.9 Å². The van der Waals surface area contributed by atoms with Gasteiger partial charge in [0.25, 0.3) is 5.91 Å². The van der Waals surface area contributed by atoms with Gasteiger partial charge < -0.3 is 10.1 Å². The van der Waals surface area contributed by atoms with E-state index in [1.165, 1.54) is 0 Å². The number of nitrogens with one attached hydrogen (secondary N) is 1. The number of ether oxygens (including phenoxy) is 1. The van der Waals surface area contributed by atoms with Crippen LogP contribution in [0.15, 0.2) is 0 Å². The highest BCUT2D eigenvalue weighted by molar-refractivity contribution is 5.94. The highest BCUT2D eigenvalue weighted by atomic mass is 16.5. The van der Waals surface area contributed by atoms with Crippen LogP contribution in [0.5, 0.6) is 0 Å². The number of nitrogens with zero attached hydrogens (tertiary/aromatic N) is 5. The van der Waals surface area contributed by atoms with E-state index in [2.05, 4.69) is 20.6 Å². The first-order valence-corrected chi connectivity index (χ1v) is 8.30. The van der Waals surface area contributed by atoms with Crippen molar-refractivity contribution in [2.24, 2.45) is 7.05 Å². The van der Waals surface area contributed by atoms with Gasteiger partial charge in [0.05, 0.1) is 36.7 Å². The number of fused-ring (bicyclic) bond motifs is 1. The lowest BCUT2D eigenvalue weighted by atomic mass is 9.99. The molecule has 2 aromatic heterocycles. The highest BCUT2D eigenvalue weighted by Gasteiger charge is 2.31. The molecule has 0 spiro atoms. The minimum atomic E-state index is -0.182. The molecule has 0 bridgehead atoms. The summed E-state index contributed by atoms with van der Waals surface area (Å²) in [6.07, 6.45) is 0.714. The number of hydrogen-bond donors (Lipinski definition) is 1. The SMILES string of the molecule is CCn1nc(C)c(CNC(=O)c2nn(C)c3c2C[C@H](C)O[C@@H]3C)n1. The zero-order chi connectivity index (χ0) is 17.4. The normalized spacial score (nSPS) is 20.0. The van der Waals surface area contributed by atoms with Gasteiger partial charge in [0, 0.05) is 19.0 Å². The van der Waals surface area contributed by atoms with Gasteiger partial charge in [0.15, 0.2) is 5.69 Å². The number of carbonyl (C=O) groups excluding carboxylic acids is 1. The Labute approximate surface area is 141 Å². The van der Waals surface area contributed by atoms with Crippen LogP contribution in [0.1, 0.15) is 60.0 Å². The van der Waals surface area contributed by atoms with Crippen LogP contribution in [0.4, 0.5) is 0 Å². The summed E-state index contributed by atoms with van der Waals surface area (Å²) in [6.45, 7) is 8.93. The van der Waals surface area contributed by atoms with Gasteiger partial charge in [-0.05, 0) is 27.7 Å². The van der Waals surface area contributed by atoms with Gasteiger partial charge in [0.2, 0.25) is 0 Å². The largest absolute Gasteiger partial charge is 0.369 e. The van der Waals surface area contributed by atoms with Crippen molar-refractivity contribution < 1.29 is 9.53 Å². The van der Waals surface area contributed by atoms with Crippen molar-refractivity contribution >= 4 is 5.91 Å². The Hall–Kier alpha value is -2.22. The molecule has 0 aliphatic carbocycles. The summed E-state index contributed by atoms with van der Waals surface area (Å²) in [6, 6.07) is 0. The molecule has 2 atom stereocenters. The average molecular weight is 332 g/mol. The predicted octanol–water partition coefficient (Wildman–Crippen LogP) is 1.29. The predicted molar refractivity (Wildman–Crippen MR) is 87.5 cm³/mol. The molecule has 0 radical (unpaired) electrons. The fourth-order valence-electron chi connectivity index (χ4n) is 3.24. The van der Waals surface area contributed by atoms with Gasteiger partial charge in [-0.1, -0.05) is 0 Å². The number of amides is 1. The fourth-order valence-corrected chi connectivity index (χ4v) is 3.24. The third-order valence-electron chi connectivity index (χ3n) is 4.34. The van der Waals surface area contributed by atoms with Crippen LogP contribution in [0.3, 0.4) is 0 Å². The molecule has 3 heterocycles. The van der Waals surface area contributed by atoms with Crippen molar-refractivity contribution in [3.63, 3.8) is 0 Å². The minimum Gasteiger partial charge on any atom is -0.369 e. The van der Waals surface area contributed by atoms with Crippen LogP contribution in [0.25, 0.3) is 0 Å². The summed E-state index contributed by atoms with van der Waals surface area (Å²) in [5.74, 6) is -0.182. The molecule has 0 saturated carbocycles. The quantitative estimate of drug-likeness (QED) is 0.912. The van der Waals surface area contributed by atoms with Gasteiger partial charge >= 0.3 is 0 Å². The van der Waals surface area contributed by atoms with E-state index >= 15 is 0 Å². The standard InChI is InChI=1S/C16H24N6O2/c1-6-22-18-10(3)13(19-22)8-17-16(23)14-12-7-9(2)24-11(4)15(12)21(5)20-14/h9,11H,6-8H2,1-5H3,(H,17,23)/t9-,11+/m0/s1. The van der Waals surface area contributed by atoms with Crippen molar-refractivity contribution in [2.45, 2.75) is 59.4 Å². The Morgan fingerprint density at radius 3 is 2.75 bits per heavy atom. The second kappa shape index (κ2) is 6.35. The van der Waals surface area contributed by atoms with E-state index in [-0.39, 0.29) is 18.1 Å². The molecular weight excluding hydrogens is 308 g/mol. The Morgan fingerprint density at radius 1 is 1.33 bits per heavy atom. The molecule has 8 heteroatoms. The van der Waals surface area contributed by atoms with Crippen LogP contribution in [-0.4, -0.2) is 36.8 Å². The summed E-state index contributed by atoms with van der Waals surface area (Å²) in [7, 11) is 1.85. The molecule has 1 N–H and O–H groups in total. The van der Waals surface area contributed by atoms with Gasteiger partial charge in [-0.25, -0.2) is 0 Å². The maximum Gasteiger partial charge on any atom is 0.272 e. The maximum atomic E-state index is 12.6. The van der Waals surface area contributed by atoms with Crippen molar-refractivity contribution in [3.05, 3.63) is 28.3 Å². The van der Waals surface area contributed by atoms with Crippen LogP contribution in [-0.2, 0) is 31.3 Å². The summed E-state index contributed by atoms with van der Waals surface area (Å²) < 4.78 is 7.58. The lowest BCUT2D eigenvalue weighted by Crippen LogP contribution is -2.27. The Bertz CT molecular complexity index is 763. The first-order chi connectivity index (χ1) is 11.4. The molecule has 2 aromatic rings. The lowest BCUT2D eigenvalue weighted by Gasteiger charge is -2.26. The minimum absolute atomic E-state index is 0.0607. The van der Waals surface area contributed by atoms with Crippen LogP contribution >= 0.6 is 0 Å². The summed E-state index contributed by atoms with van der Waals surface area (Å²) in [5.41, 5.74) is 4.05. The molecule has 0 aromatic carbocycles. The molecule has 8 nitrogen and oxygen atoms in total. The average Bonchev–Trinajstić information content (AvgIpc) is 3.05. The lowest BCUT2D eigenvalue weighted by molar-refractivity contribution is -0.00903. The van der Waals surface area contributed by atoms with Gasteiger partial charge in [-0.15, -0.1) is 0 Å². The summed E-state index contributed by atoms with van der Waals surface area (Å²) in [5, 5.41) is 16.0. The van der Waals surface area contributed by atoms with Gasteiger partial charge in [-0.2, -0.15) is 20.1 Å². The molecule has 0 saturated heterocycles. The van der Waals surface area contributed by atoms with E-state index in [0.29, 0.717) is 25.2 Å². The van der Waals surface area contributed by atoms with E-state index in [0.717, 1.165) is 22.6 Å². The van der Waals surface area contributed by atoms with Crippen molar-refractivity contribution in [1.29, 1.82) is 0 Å². The molecule has 130 valence electrons. The number of carbonyl (C=O) groups is 1. The zero-order valence-electron chi connectivity index (χ0n) is 14.8. The van der Waals surface area contributed by atoms with Crippen LogP contribution in [0, 0.1) is 6.92 Å². The molecule has 1 aliphatic rings. The van der Waals surface area contributed by atoms with Gasteiger partial charge in [0.1, 0.15) is 5.69 Å². The third kappa shape index (κ3) is 2.93. The van der Waals surface area contributed by atoms with E-state index < -0.39 is 0 Å². The molecule has 1 amide bonds. The van der Waals surface area contributed by atoms with E-state index in [1.54, 1.807) is 9.48 Å². The van der Waals surface area contributed by atoms with Crippen LogP contribution < -0.4 is 5.32 Å². The van der Waals surface area contributed by atoms with E-state index in [9.17, 15) is 4.79 Å². The maximum absolute atomic E-state index is 12.6. The number of rotatable bonds is 4. The first kappa shape index (κ1) is 16.6. The summed E-state index contributed by atoms with van der Waals surface area (Å²) in [4.78, 5) is 14.2. The Balaban J connectivity index is 1.78. The molecule has 24 heavy (non-hydrogen) atoms. The highest BCUT2D eigenvalue weighted by Crippen LogP contribution is 2.31. The monoisotopic (exact) mass is 332 g/mol. The van der Waals surface area contributed by atoms with Crippen molar-refractivity contribution in [1.82, 2.24) is 30.1 Å². The Kier molecular flexibility index (Phi) is 4.40. The third-order valence-corrected chi connectivity index (χ3v) is 4.34. The molecule has 1 aliphatic heterocycles.